The van der Waals surface area contributed by atoms with Gasteiger partial charge in [0.15, 0.2) is 5.16 Å². The number of fused-ring (bicyclic) bond motifs is 2. The monoisotopic (exact) mass is 483 g/mol. The molecule has 1 aliphatic rings. The summed E-state index contributed by atoms with van der Waals surface area (Å²) < 4.78 is 4.93. The molecule has 1 saturated heterocycles. The number of H-pyrrole nitrogens is 1. The van der Waals surface area contributed by atoms with Crippen molar-refractivity contribution in [1.29, 1.82) is 0 Å². The highest BCUT2D eigenvalue weighted by molar-refractivity contribution is 7.99. The number of aromatic amines is 1. The summed E-state index contributed by atoms with van der Waals surface area (Å²) in [4.78, 5) is 36.8. The zero-order valence-corrected chi connectivity index (χ0v) is 19.7. The number of nitrogens with two attached hydrogens (primary N) is 1. The molecule has 2 atom stereocenters. The summed E-state index contributed by atoms with van der Waals surface area (Å²) in [6, 6.07) is 5.36. The Balaban J connectivity index is 1.57. The number of nitrogens with zero attached hydrogens (tertiary/aromatic N) is 5. The molecule has 170 valence electrons. The van der Waals surface area contributed by atoms with Crippen LogP contribution in [0.4, 0.5) is 5.82 Å². The number of aryl methyl sites for hydroxylation is 1. The highest BCUT2D eigenvalue weighted by Crippen LogP contribution is 2.38. The van der Waals surface area contributed by atoms with E-state index < -0.39 is 5.92 Å². The zero-order valence-electron chi connectivity index (χ0n) is 18.1. The topological polar surface area (TPSA) is 123 Å². The molecule has 4 aromatic heterocycles. The van der Waals surface area contributed by atoms with E-state index in [9.17, 15) is 4.79 Å². The number of hydrogen-bond donors (Lipinski definition) is 2. The number of anilines is 1. The maximum absolute atomic E-state index is 12.2. The van der Waals surface area contributed by atoms with Crippen molar-refractivity contribution >= 4 is 57.2 Å². The smallest absolute Gasteiger partial charge is 0.312 e. The fourth-order valence-corrected chi connectivity index (χ4v) is 5.20. The molecule has 0 aliphatic carbocycles. The Labute approximate surface area is 199 Å². The van der Waals surface area contributed by atoms with Crippen molar-refractivity contribution in [2.24, 2.45) is 11.7 Å². The second-order valence-corrected chi connectivity index (χ2v) is 9.26. The maximum Gasteiger partial charge on any atom is 0.312 e. The molecule has 0 aromatic carbocycles. The minimum atomic E-state index is -0.435. The van der Waals surface area contributed by atoms with E-state index in [0.717, 1.165) is 33.4 Å². The van der Waals surface area contributed by atoms with Crippen LogP contribution in [0, 0.1) is 5.92 Å². The first kappa shape index (κ1) is 21.9. The molecule has 33 heavy (non-hydrogen) atoms. The molecule has 9 nitrogen and oxygen atoms in total. The first-order valence-electron chi connectivity index (χ1n) is 10.5. The number of hydrogen-bond acceptors (Lipinski definition) is 9. The van der Waals surface area contributed by atoms with Crippen LogP contribution in [0.5, 0.6) is 0 Å². The van der Waals surface area contributed by atoms with Crippen molar-refractivity contribution in [3.8, 4) is 0 Å². The van der Waals surface area contributed by atoms with Gasteiger partial charge in [0.25, 0.3) is 0 Å². The predicted molar refractivity (Wildman–Crippen MR) is 128 cm³/mol. The molecule has 3 N–H and O–H groups in total. The molecule has 5 rings (SSSR count). The second kappa shape index (κ2) is 8.77. The van der Waals surface area contributed by atoms with Crippen LogP contribution in [0.1, 0.15) is 12.6 Å². The normalized spacial score (nSPS) is 18.4. The fourth-order valence-electron chi connectivity index (χ4n) is 4.09. The van der Waals surface area contributed by atoms with Crippen LogP contribution < -0.4 is 10.6 Å². The zero-order chi connectivity index (χ0) is 23.1. The Morgan fingerprint density at radius 1 is 1.33 bits per heavy atom. The number of methoxy groups -OCH3 is 1. The average Bonchev–Trinajstić information content (AvgIpc) is 3.37. The lowest BCUT2D eigenvalue weighted by Gasteiger charge is -2.19. The molecule has 0 bridgehead atoms. The van der Waals surface area contributed by atoms with Gasteiger partial charge in [-0.15, -0.1) is 0 Å². The number of pyridine rings is 2. The molecule has 0 saturated carbocycles. The Morgan fingerprint density at radius 3 is 2.97 bits per heavy atom. The maximum atomic E-state index is 12.2. The van der Waals surface area contributed by atoms with Crippen molar-refractivity contribution in [2.45, 2.75) is 29.4 Å². The van der Waals surface area contributed by atoms with Gasteiger partial charge in [0.2, 0.25) is 0 Å². The lowest BCUT2D eigenvalue weighted by molar-refractivity contribution is -0.145. The minimum Gasteiger partial charge on any atom is -0.469 e. The molecule has 4 aromatic rings. The predicted octanol–water partition coefficient (Wildman–Crippen LogP) is 3.20. The molecule has 11 heteroatoms. The van der Waals surface area contributed by atoms with E-state index in [1.54, 1.807) is 12.4 Å². The summed E-state index contributed by atoms with van der Waals surface area (Å²) in [5.74, 6) is -0.110. The van der Waals surface area contributed by atoms with Gasteiger partial charge in [0, 0.05) is 42.1 Å². The third-order valence-electron chi connectivity index (χ3n) is 5.78. The number of aromatic nitrogens is 5. The van der Waals surface area contributed by atoms with Gasteiger partial charge in [-0.2, -0.15) is 0 Å². The molecular formula is C22H22ClN7O2S. The van der Waals surface area contributed by atoms with Crippen LogP contribution in [0.3, 0.4) is 0 Å². The number of esters is 1. The van der Waals surface area contributed by atoms with Crippen molar-refractivity contribution in [3.05, 3.63) is 41.3 Å². The van der Waals surface area contributed by atoms with Gasteiger partial charge in [0.05, 0.1) is 34.5 Å². The number of ether oxygens (including phenoxy) is 1. The van der Waals surface area contributed by atoms with Crippen LogP contribution in [-0.4, -0.2) is 57.1 Å². The fraction of sp³-hybridized carbons (Fsp3) is 0.318. The molecule has 0 unspecified atom stereocenters. The Morgan fingerprint density at radius 2 is 2.18 bits per heavy atom. The van der Waals surface area contributed by atoms with E-state index in [0.29, 0.717) is 34.7 Å². The van der Waals surface area contributed by atoms with Gasteiger partial charge < -0.3 is 20.4 Å². The molecule has 1 aliphatic heterocycles. The third kappa shape index (κ3) is 3.98. The summed E-state index contributed by atoms with van der Waals surface area (Å²) in [5.41, 5.74) is 9.41. The first-order chi connectivity index (χ1) is 16.0. The quantitative estimate of drug-likeness (QED) is 0.325. The minimum absolute atomic E-state index is 0.325. The van der Waals surface area contributed by atoms with E-state index in [-0.39, 0.29) is 12.0 Å². The SMILES string of the molecule is CCc1[nH]c2nc(Sc3cnc4cccnc4c3)nc(N3C[C@H](N)[C@H](C(=O)OC)C3)c2c1Cl. The van der Waals surface area contributed by atoms with E-state index in [1.807, 2.05) is 30.0 Å². The van der Waals surface area contributed by atoms with Crippen LogP contribution in [-0.2, 0) is 16.0 Å². The van der Waals surface area contributed by atoms with E-state index in [1.165, 1.54) is 18.9 Å². The number of rotatable bonds is 5. The van der Waals surface area contributed by atoms with E-state index in [4.69, 9.17) is 32.0 Å². The van der Waals surface area contributed by atoms with Gasteiger partial charge in [0.1, 0.15) is 11.5 Å². The Kier molecular flexibility index (Phi) is 5.81. The van der Waals surface area contributed by atoms with Gasteiger partial charge in [-0.3, -0.25) is 14.8 Å². The van der Waals surface area contributed by atoms with Crippen LogP contribution in [0.25, 0.3) is 22.1 Å². The highest BCUT2D eigenvalue weighted by Gasteiger charge is 2.38. The Hall–Kier alpha value is -2.95. The Bertz CT molecular complexity index is 1360. The summed E-state index contributed by atoms with van der Waals surface area (Å²) in [6.07, 6.45) is 4.24. The number of carbonyl (C=O) groups excluding carboxylic acids is 1. The molecule has 1 fully saturated rings. The van der Waals surface area contributed by atoms with Crippen molar-refractivity contribution in [2.75, 3.05) is 25.1 Å². The molecular weight excluding hydrogens is 462 g/mol. The molecule has 0 spiro atoms. The largest absolute Gasteiger partial charge is 0.469 e. The van der Waals surface area contributed by atoms with Crippen LogP contribution >= 0.6 is 23.4 Å². The van der Waals surface area contributed by atoms with Gasteiger partial charge in [-0.25, -0.2) is 9.97 Å². The number of nitrogens with one attached hydrogen (secondary N) is 1. The van der Waals surface area contributed by atoms with Crippen LogP contribution in [0.15, 0.2) is 40.6 Å². The van der Waals surface area contributed by atoms with E-state index >= 15 is 0 Å². The summed E-state index contributed by atoms with van der Waals surface area (Å²) in [5, 5.41) is 1.85. The average molecular weight is 484 g/mol. The lowest BCUT2D eigenvalue weighted by atomic mass is 10.1. The summed E-state index contributed by atoms with van der Waals surface area (Å²) >= 11 is 8.08. The van der Waals surface area contributed by atoms with Crippen molar-refractivity contribution in [1.82, 2.24) is 24.9 Å². The molecule has 0 radical (unpaired) electrons. The molecule has 0 amide bonds. The summed E-state index contributed by atoms with van der Waals surface area (Å²) in [7, 11) is 1.37. The van der Waals surface area contributed by atoms with E-state index in [2.05, 4.69) is 15.0 Å². The summed E-state index contributed by atoms with van der Waals surface area (Å²) in [6.45, 7) is 2.88. The van der Waals surface area contributed by atoms with Crippen molar-refractivity contribution < 1.29 is 9.53 Å². The standard InChI is InChI=1S/C22H22ClN7O2S/c1-3-14-18(23)17-19(27-14)28-22(33-11-7-16-15(26-8-11)5-4-6-25-16)29-20(17)30-9-12(13(24)10-30)21(31)32-2/h4-8,12-13H,3,9-10,24H2,1-2H3,(H,27,28,29)/t12-,13+/m1/s1. The van der Waals surface area contributed by atoms with Gasteiger partial charge >= 0.3 is 5.97 Å². The van der Waals surface area contributed by atoms with Gasteiger partial charge in [-0.05, 0) is 36.4 Å². The third-order valence-corrected chi connectivity index (χ3v) is 7.02. The first-order valence-corrected chi connectivity index (χ1v) is 11.7. The second-order valence-electron chi connectivity index (χ2n) is 7.84. The van der Waals surface area contributed by atoms with Crippen molar-refractivity contribution in [3.63, 3.8) is 0 Å². The number of halogens is 1. The highest BCUT2D eigenvalue weighted by atomic mass is 35.5. The van der Waals surface area contributed by atoms with Gasteiger partial charge in [-0.1, -0.05) is 18.5 Å². The lowest BCUT2D eigenvalue weighted by Crippen LogP contribution is -2.34. The van der Waals surface area contributed by atoms with Crippen LogP contribution in [0.2, 0.25) is 5.02 Å². The molecule has 5 heterocycles. The number of carbonyl (C=O) groups is 1.